The summed E-state index contributed by atoms with van der Waals surface area (Å²) >= 11 is 0. The van der Waals surface area contributed by atoms with Gasteiger partial charge in [-0.25, -0.2) is 9.97 Å². The van der Waals surface area contributed by atoms with Crippen LogP contribution in [0.15, 0.2) is 6.20 Å². The highest BCUT2D eigenvalue weighted by Gasteiger charge is 2.32. The van der Waals surface area contributed by atoms with E-state index >= 15 is 0 Å². The molecule has 0 aromatic carbocycles. The number of rotatable bonds is 1. The number of hydrogen-bond acceptors (Lipinski definition) is 6. The standard InChI is InChI=1S/C12H15N5O2/c1-8(18)17-7-10-9(11(17)19)6-14-12(15-10)16-4-2-13-3-5-16/h6,13H,2-5,7H2,1H3. The lowest BCUT2D eigenvalue weighted by Crippen LogP contribution is -2.44. The molecule has 7 heteroatoms. The Morgan fingerprint density at radius 2 is 2.11 bits per heavy atom. The molecule has 0 radical (unpaired) electrons. The van der Waals surface area contributed by atoms with Crippen molar-refractivity contribution in [3.8, 4) is 0 Å². The Morgan fingerprint density at radius 3 is 2.79 bits per heavy atom. The van der Waals surface area contributed by atoms with E-state index in [1.165, 1.54) is 18.0 Å². The molecule has 1 aromatic rings. The molecule has 0 aliphatic carbocycles. The van der Waals surface area contributed by atoms with E-state index in [-0.39, 0.29) is 18.4 Å². The molecule has 1 N–H and O–H groups in total. The third kappa shape index (κ3) is 2.06. The molecule has 0 atom stereocenters. The van der Waals surface area contributed by atoms with E-state index in [9.17, 15) is 9.59 Å². The maximum absolute atomic E-state index is 11.9. The highest BCUT2D eigenvalue weighted by molar-refractivity contribution is 6.06. The van der Waals surface area contributed by atoms with Crippen molar-refractivity contribution in [2.45, 2.75) is 13.5 Å². The molecule has 0 unspecified atom stereocenters. The van der Waals surface area contributed by atoms with E-state index in [0.717, 1.165) is 26.2 Å². The minimum atomic E-state index is -0.297. The van der Waals surface area contributed by atoms with Crippen molar-refractivity contribution in [3.05, 3.63) is 17.5 Å². The molecule has 3 rings (SSSR count). The second-order valence-corrected chi connectivity index (χ2v) is 4.68. The van der Waals surface area contributed by atoms with Gasteiger partial charge in [-0.05, 0) is 0 Å². The lowest BCUT2D eigenvalue weighted by atomic mass is 10.3. The molecular weight excluding hydrogens is 246 g/mol. The fourth-order valence-electron chi connectivity index (χ4n) is 2.34. The number of piperazine rings is 1. The Morgan fingerprint density at radius 1 is 1.37 bits per heavy atom. The van der Waals surface area contributed by atoms with Crippen molar-refractivity contribution in [1.82, 2.24) is 20.2 Å². The number of imide groups is 1. The number of nitrogens with zero attached hydrogens (tertiary/aromatic N) is 4. The first-order valence-electron chi connectivity index (χ1n) is 6.31. The molecule has 2 amide bonds. The van der Waals surface area contributed by atoms with Crippen molar-refractivity contribution in [2.24, 2.45) is 0 Å². The summed E-state index contributed by atoms with van der Waals surface area (Å²) in [6, 6.07) is 0. The fourth-order valence-corrected chi connectivity index (χ4v) is 2.34. The van der Waals surface area contributed by atoms with Crippen molar-refractivity contribution in [3.63, 3.8) is 0 Å². The Hall–Kier alpha value is -2.02. The van der Waals surface area contributed by atoms with E-state index in [0.29, 0.717) is 17.2 Å². The minimum Gasteiger partial charge on any atom is -0.338 e. The Labute approximate surface area is 110 Å². The van der Waals surface area contributed by atoms with Gasteiger partial charge >= 0.3 is 0 Å². The molecule has 100 valence electrons. The zero-order chi connectivity index (χ0) is 13.4. The summed E-state index contributed by atoms with van der Waals surface area (Å²) in [6.45, 7) is 5.14. The number of aromatic nitrogens is 2. The van der Waals surface area contributed by atoms with Crippen LogP contribution in [-0.2, 0) is 11.3 Å². The number of fused-ring (bicyclic) bond motifs is 1. The van der Waals surface area contributed by atoms with Crippen LogP contribution >= 0.6 is 0 Å². The second kappa shape index (κ2) is 4.58. The molecule has 3 heterocycles. The summed E-state index contributed by atoms with van der Waals surface area (Å²) in [4.78, 5) is 35.2. The Bertz CT molecular complexity index is 539. The number of carbonyl (C=O) groups excluding carboxylic acids is 2. The smallest absolute Gasteiger partial charge is 0.264 e. The van der Waals surface area contributed by atoms with Gasteiger partial charge in [0.05, 0.1) is 17.8 Å². The van der Waals surface area contributed by atoms with Gasteiger partial charge in [-0.1, -0.05) is 0 Å². The number of hydrogen-bond donors (Lipinski definition) is 1. The first kappa shape index (κ1) is 12.0. The SMILES string of the molecule is CC(=O)N1Cc2nc(N3CCNCC3)ncc2C1=O. The molecule has 1 fully saturated rings. The normalized spacial score (nSPS) is 18.7. The van der Waals surface area contributed by atoms with Crippen LogP contribution in [0, 0.1) is 0 Å². The molecule has 7 nitrogen and oxygen atoms in total. The zero-order valence-corrected chi connectivity index (χ0v) is 10.7. The molecule has 0 spiro atoms. The van der Waals surface area contributed by atoms with Crippen LogP contribution in [0.5, 0.6) is 0 Å². The zero-order valence-electron chi connectivity index (χ0n) is 10.7. The van der Waals surface area contributed by atoms with Crippen molar-refractivity contribution in [1.29, 1.82) is 0 Å². The van der Waals surface area contributed by atoms with Crippen molar-refractivity contribution < 1.29 is 9.59 Å². The number of nitrogens with one attached hydrogen (secondary N) is 1. The van der Waals surface area contributed by atoms with Gasteiger partial charge in [0.25, 0.3) is 5.91 Å². The van der Waals surface area contributed by atoms with Crippen LogP contribution in [0.25, 0.3) is 0 Å². The predicted octanol–water partition coefficient (Wildman–Crippen LogP) is -0.611. The van der Waals surface area contributed by atoms with E-state index in [1.807, 2.05) is 0 Å². The highest BCUT2D eigenvalue weighted by atomic mass is 16.2. The lowest BCUT2D eigenvalue weighted by Gasteiger charge is -2.27. The van der Waals surface area contributed by atoms with Gasteiger partial charge in [0, 0.05) is 39.3 Å². The quantitative estimate of drug-likeness (QED) is 0.726. The number of anilines is 1. The fraction of sp³-hybridized carbons (Fsp3) is 0.500. The molecule has 0 bridgehead atoms. The predicted molar refractivity (Wildman–Crippen MR) is 67.7 cm³/mol. The summed E-state index contributed by atoms with van der Waals surface area (Å²) in [7, 11) is 0. The average Bonchev–Trinajstić information content (AvgIpc) is 2.77. The Balaban J connectivity index is 1.88. The van der Waals surface area contributed by atoms with Gasteiger partial charge in [-0.3, -0.25) is 14.5 Å². The van der Waals surface area contributed by atoms with Crippen LogP contribution in [0.4, 0.5) is 5.95 Å². The molecule has 19 heavy (non-hydrogen) atoms. The molecule has 0 saturated carbocycles. The minimum absolute atomic E-state index is 0.255. The second-order valence-electron chi connectivity index (χ2n) is 4.68. The average molecular weight is 261 g/mol. The Kier molecular flexibility index (Phi) is 2.90. The van der Waals surface area contributed by atoms with Crippen molar-refractivity contribution >= 4 is 17.8 Å². The molecule has 2 aliphatic heterocycles. The van der Waals surface area contributed by atoms with E-state index in [2.05, 4.69) is 20.2 Å². The molecular formula is C12H15N5O2. The molecule has 1 saturated heterocycles. The maximum atomic E-state index is 11.9. The lowest BCUT2D eigenvalue weighted by molar-refractivity contribution is -0.126. The summed E-state index contributed by atoms with van der Waals surface area (Å²) in [5.74, 6) is 0.0829. The summed E-state index contributed by atoms with van der Waals surface area (Å²) in [5.41, 5.74) is 1.08. The topological polar surface area (TPSA) is 78.4 Å². The van der Waals surface area contributed by atoms with Crippen LogP contribution < -0.4 is 10.2 Å². The van der Waals surface area contributed by atoms with Gasteiger partial charge < -0.3 is 10.2 Å². The molecule has 1 aromatic heterocycles. The first-order valence-corrected chi connectivity index (χ1v) is 6.31. The van der Waals surface area contributed by atoms with Gasteiger partial charge in [0.2, 0.25) is 11.9 Å². The largest absolute Gasteiger partial charge is 0.338 e. The summed E-state index contributed by atoms with van der Waals surface area (Å²) in [5, 5.41) is 3.26. The van der Waals surface area contributed by atoms with Crippen molar-refractivity contribution in [2.75, 3.05) is 31.1 Å². The van der Waals surface area contributed by atoms with Gasteiger partial charge in [0.15, 0.2) is 0 Å². The summed E-state index contributed by atoms with van der Waals surface area (Å²) < 4.78 is 0. The van der Waals surface area contributed by atoms with Crippen LogP contribution in [0.2, 0.25) is 0 Å². The number of carbonyl (C=O) groups is 2. The first-order chi connectivity index (χ1) is 9.16. The third-order valence-electron chi connectivity index (χ3n) is 3.42. The van der Waals surface area contributed by atoms with Crippen LogP contribution in [-0.4, -0.2) is 52.9 Å². The number of amides is 2. The van der Waals surface area contributed by atoms with Crippen LogP contribution in [0.1, 0.15) is 23.0 Å². The van der Waals surface area contributed by atoms with E-state index in [4.69, 9.17) is 0 Å². The summed E-state index contributed by atoms with van der Waals surface area (Å²) in [6.07, 6.45) is 1.53. The maximum Gasteiger partial charge on any atom is 0.264 e. The third-order valence-corrected chi connectivity index (χ3v) is 3.42. The highest BCUT2D eigenvalue weighted by Crippen LogP contribution is 2.22. The monoisotopic (exact) mass is 261 g/mol. The van der Waals surface area contributed by atoms with E-state index < -0.39 is 0 Å². The molecule has 2 aliphatic rings. The van der Waals surface area contributed by atoms with Gasteiger partial charge in [0.1, 0.15) is 0 Å². The van der Waals surface area contributed by atoms with Crippen LogP contribution in [0.3, 0.4) is 0 Å². The van der Waals surface area contributed by atoms with Gasteiger partial charge in [-0.15, -0.1) is 0 Å². The van der Waals surface area contributed by atoms with Gasteiger partial charge in [-0.2, -0.15) is 0 Å². The van der Waals surface area contributed by atoms with E-state index in [1.54, 1.807) is 0 Å².